The van der Waals surface area contributed by atoms with Gasteiger partial charge in [0.2, 0.25) is 5.91 Å². The first-order chi connectivity index (χ1) is 10.9. The molecule has 0 radical (unpaired) electrons. The number of amides is 1. The van der Waals surface area contributed by atoms with Crippen LogP contribution in [0.2, 0.25) is 0 Å². The highest BCUT2D eigenvalue weighted by atomic mass is 19.3. The van der Waals surface area contributed by atoms with Crippen molar-refractivity contribution in [3.63, 3.8) is 0 Å². The third-order valence-electron chi connectivity index (χ3n) is 4.03. The van der Waals surface area contributed by atoms with Gasteiger partial charge in [0.1, 0.15) is 0 Å². The minimum absolute atomic E-state index is 0.00267. The van der Waals surface area contributed by atoms with Crippen LogP contribution in [0.3, 0.4) is 0 Å². The molecule has 6 heteroatoms. The van der Waals surface area contributed by atoms with Crippen LogP contribution < -0.4 is 10.6 Å². The van der Waals surface area contributed by atoms with Crippen LogP contribution >= 0.6 is 0 Å². The molecular formula is C17H25F2N3O. The maximum atomic E-state index is 12.4. The molecule has 1 aromatic carbocycles. The second kappa shape index (κ2) is 8.24. The van der Waals surface area contributed by atoms with Crippen LogP contribution in [0.25, 0.3) is 0 Å². The molecule has 0 aromatic heterocycles. The monoisotopic (exact) mass is 325 g/mol. The number of benzene rings is 1. The molecule has 1 heterocycles. The molecule has 128 valence electrons. The molecule has 0 unspecified atom stereocenters. The van der Waals surface area contributed by atoms with E-state index >= 15 is 0 Å². The zero-order valence-corrected chi connectivity index (χ0v) is 13.7. The number of alkyl halides is 2. The van der Waals surface area contributed by atoms with Gasteiger partial charge in [-0.2, -0.15) is 0 Å². The van der Waals surface area contributed by atoms with Gasteiger partial charge in [-0.05, 0) is 37.1 Å². The molecule has 1 amide bonds. The lowest BCUT2D eigenvalue weighted by atomic mass is 10.0. The van der Waals surface area contributed by atoms with E-state index in [4.69, 9.17) is 0 Å². The van der Waals surface area contributed by atoms with Crippen molar-refractivity contribution in [3.8, 4) is 0 Å². The highest BCUT2D eigenvalue weighted by molar-refractivity contribution is 5.92. The van der Waals surface area contributed by atoms with E-state index in [9.17, 15) is 13.6 Å². The van der Waals surface area contributed by atoms with Crippen LogP contribution in [0.4, 0.5) is 20.2 Å². The maximum Gasteiger partial charge on any atom is 0.251 e. The summed E-state index contributed by atoms with van der Waals surface area (Å²) in [5.74, 6) is -0.0525. The Morgan fingerprint density at radius 1 is 1.17 bits per heavy atom. The van der Waals surface area contributed by atoms with E-state index in [-0.39, 0.29) is 18.4 Å². The summed E-state index contributed by atoms with van der Waals surface area (Å²) in [6, 6.07) is 7.91. The predicted molar refractivity (Wildman–Crippen MR) is 89.0 cm³/mol. The lowest BCUT2D eigenvalue weighted by Gasteiger charge is -2.32. The SMILES string of the molecule is CC(C)C(=O)Nc1ccc(NC2CCN(CC(F)F)CC2)cc1. The van der Waals surface area contributed by atoms with Gasteiger partial charge in [-0.15, -0.1) is 0 Å². The first-order valence-electron chi connectivity index (χ1n) is 8.12. The Bertz CT molecular complexity index is 497. The van der Waals surface area contributed by atoms with E-state index in [1.807, 2.05) is 43.0 Å². The van der Waals surface area contributed by atoms with E-state index in [2.05, 4.69) is 10.6 Å². The normalized spacial score (nSPS) is 16.8. The summed E-state index contributed by atoms with van der Waals surface area (Å²) in [6.45, 7) is 4.98. The molecule has 1 fully saturated rings. The van der Waals surface area contributed by atoms with Crippen LogP contribution in [-0.4, -0.2) is 42.9 Å². The summed E-state index contributed by atoms with van der Waals surface area (Å²) >= 11 is 0. The number of piperidine rings is 1. The van der Waals surface area contributed by atoms with Crippen molar-refractivity contribution in [1.29, 1.82) is 0 Å². The number of carbonyl (C=O) groups excluding carboxylic acids is 1. The number of likely N-dealkylation sites (tertiary alicyclic amines) is 1. The number of hydrogen-bond acceptors (Lipinski definition) is 3. The van der Waals surface area contributed by atoms with Crippen LogP contribution in [0.1, 0.15) is 26.7 Å². The summed E-state index contributed by atoms with van der Waals surface area (Å²) in [7, 11) is 0. The second-order valence-electron chi connectivity index (χ2n) is 6.33. The Kier molecular flexibility index (Phi) is 6.33. The minimum atomic E-state index is -2.26. The third kappa shape index (κ3) is 5.78. The summed E-state index contributed by atoms with van der Waals surface area (Å²) in [5.41, 5.74) is 1.76. The van der Waals surface area contributed by atoms with E-state index in [1.54, 1.807) is 0 Å². The van der Waals surface area contributed by atoms with Gasteiger partial charge in [-0.25, -0.2) is 8.78 Å². The number of anilines is 2. The Morgan fingerprint density at radius 3 is 2.26 bits per heavy atom. The molecule has 2 N–H and O–H groups in total. The van der Waals surface area contributed by atoms with E-state index in [1.165, 1.54) is 0 Å². The fourth-order valence-electron chi connectivity index (χ4n) is 2.63. The zero-order chi connectivity index (χ0) is 16.8. The van der Waals surface area contributed by atoms with E-state index in [0.717, 1.165) is 24.2 Å². The lowest BCUT2D eigenvalue weighted by Crippen LogP contribution is -2.41. The van der Waals surface area contributed by atoms with Crippen molar-refractivity contribution in [2.45, 2.75) is 39.2 Å². The van der Waals surface area contributed by atoms with E-state index in [0.29, 0.717) is 19.1 Å². The molecule has 0 bridgehead atoms. The van der Waals surface area contributed by atoms with Crippen molar-refractivity contribution in [1.82, 2.24) is 4.90 Å². The average Bonchev–Trinajstić information content (AvgIpc) is 2.50. The van der Waals surface area contributed by atoms with Gasteiger partial charge in [0.15, 0.2) is 0 Å². The maximum absolute atomic E-state index is 12.4. The topological polar surface area (TPSA) is 44.4 Å². The van der Waals surface area contributed by atoms with Gasteiger partial charge in [0, 0.05) is 36.4 Å². The summed E-state index contributed by atoms with van der Waals surface area (Å²) in [6.07, 6.45) is -0.537. The van der Waals surface area contributed by atoms with Crippen LogP contribution in [0.15, 0.2) is 24.3 Å². The van der Waals surface area contributed by atoms with Crippen molar-refractivity contribution in [3.05, 3.63) is 24.3 Å². The first-order valence-corrected chi connectivity index (χ1v) is 8.12. The molecule has 1 aromatic rings. The summed E-state index contributed by atoms with van der Waals surface area (Å²) < 4.78 is 24.7. The standard InChI is InChI=1S/C17H25F2N3O/c1-12(2)17(23)21-14-5-3-13(4-6-14)20-15-7-9-22(10-8-15)11-16(18)19/h3-6,12,15-16,20H,7-11H2,1-2H3,(H,21,23). The van der Waals surface area contributed by atoms with Crippen LogP contribution in [0, 0.1) is 5.92 Å². The molecular weight excluding hydrogens is 300 g/mol. The Balaban J connectivity index is 1.79. The van der Waals surface area contributed by atoms with Crippen LogP contribution in [-0.2, 0) is 4.79 Å². The van der Waals surface area contributed by atoms with Gasteiger partial charge >= 0.3 is 0 Å². The Hall–Kier alpha value is -1.69. The number of hydrogen-bond donors (Lipinski definition) is 2. The van der Waals surface area contributed by atoms with Crippen molar-refractivity contribution < 1.29 is 13.6 Å². The third-order valence-corrected chi connectivity index (χ3v) is 4.03. The molecule has 0 aliphatic carbocycles. The molecule has 1 aliphatic heterocycles. The van der Waals surface area contributed by atoms with Crippen LogP contribution in [0.5, 0.6) is 0 Å². The molecule has 0 spiro atoms. The van der Waals surface area contributed by atoms with Gasteiger partial charge in [0.25, 0.3) is 6.43 Å². The Labute approximate surface area is 136 Å². The van der Waals surface area contributed by atoms with E-state index < -0.39 is 6.43 Å². The first kappa shape index (κ1) is 17.7. The molecule has 4 nitrogen and oxygen atoms in total. The van der Waals surface area contributed by atoms with Gasteiger partial charge in [0.05, 0.1) is 6.54 Å². The molecule has 2 rings (SSSR count). The number of carbonyl (C=O) groups is 1. The fraction of sp³-hybridized carbons (Fsp3) is 0.588. The van der Waals surface area contributed by atoms with Crippen molar-refractivity contribution in [2.24, 2.45) is 5.92 Å². The average molecular weight is 325 g/mol. The number of nitrogens with zero attached hydrogens (tertiary/aromatic N) is 1. The quantitative estimate of drug-likeness (QED) is 0.842. The van der Waals surface area contributed by atoms with Gasteiger partial charge in [-0.1, -0.05) is 13.8 Å². The summed E-state index contributed by atoms with van der Waals surface area (Å²) in [4.78, 5) is 13.4. The number of halogens is 2. The molecule has 0 atom stereocenters. The van der Waals surface area contributed by atoms with Gasteiger partial charge in [-0.3, -0.25) is 9.69 Å². The summed E-state index contributed by atoms with van der Waals surface area (Å²) in [5, 5.41) is 6.28. The zero-order valence-electron chi connectivity index (χ0n) is 13.7. The molecule has 23 heavy (non-hydrogen) atoms. The van der Waals surface area contributed by atoms with Gasteiger partial charge < -0.3 is 10.6 Å². The largest absolute Gasteiger partial charge is 0.382 e. The Morgan fingerprint density at radius 2 is 1.74 bits per heavy atom. The lowest BCUT2D eigenvalue weighted by molar-refractivity contribution is -0.118. The van der Waals surface area contributed by atoms with Crippen molar-refractivity contribution >= 4 is 17.3 Å². The molecule has 0 saturated carbocycles. The highest BCUT2D eigenvalue weighted by Crippen LogP contribution is 2.19. The number of rotatable bonds is 6. The second-order valence-corrected chi connectivity index (χ2v) is 6.33. The smallest absolute Gasteiger partial charge is 0.251 e. The minimum Gasteiger partial charge on any atom is -0.382 e. The highest BCUT2D eigenvalue weighted by Gasteiger charge is 2.21. The van der Waals surface area contributed by atoms with Crippen molar-refractivity contribution in [2.75, 3.05) is 30.3 Å². The predicted octanol–water partition coefficient (Wildman–Crippen LogP) is 3.42. The molecule has 1 saturated heterocycles. The number of nitrogens with one attached hydrogen (secondary N) is 2. The fourth-order valence-corrected chi connectivity index (χ4v) is 2.63. The molecule has 1 aliphatic rings.